The van der Waals surface area contributed by atoms with Crippen LogP contribution in [0.25, 0.3) is 11.3 Å². The van der Waals surface area contributed by atoms with Crippen LogP contribution in [-0.4, -0.2) is 11.2 Å². The maximum absolute atomic E-state index is 12.4. The smallest absolute Gasteiger partial charge is 0.269 e. The van der Waals surface area contributed by atoms with E-state index in [9.17, 15) is 4.79 Å². The van der Waals surface area contributed by atoms with Crippen molar-refractivity contribution in [3.8, 4) is 23.1 Å². The van der Waals surface area contributed by atoms with Gasteiger partial charge in [0.25, 0.3) is 5.56 Å². The van der Waals surface area contributed by atoms with Gasteiger partial charge in [-0.25, -0.2) is 0 Å². The summed E-state index contributed by atoms with van der Waals surface area (Å²) in [6.07, 6.45) is 0.942. The van der Waals surface area contributed by atoms with E-state index in [1.54, 1.807) is 10.6 Å². The number of hydrogen-bond acceptors (Lipinski definition) is 3. The molecule has 114 valence electrons. The van der Waals surface area contributed by atoms with E-state index in [4.69, 9.17) is 10.00 Å². The van der Waals surface area contributed by atoms with Crippen molar-refractivity contribution in [2.75, 3.05) is 6.61 Å². The lowest BCUT2D eigenvalue weighted by Crippen LogP contribution is -2.25. The minimum Gasteiger partial charge on any atom is -0.494 e. The fourth-order valence-electron chi connectivity index (χ4n) is 2.35. The molecule has 0 radical (unpaired) electrons. The predicted molar refractivity (Wildman–Crippen MR) is 87.0 cm³/mol. The van der Waals surface area contributed by atoms with Gasteiger partial charge in [0.2, 0.25) is 0 Å². The zero-order chi connectivity index (χ0) is 16.1. The third-order valence-electron chi connectivity index (χ3n) is 3.36. The van der Waals surface area contributed by atoms with Gasteiger partial charge in [0.05, 0.1) is 12.3 Å². The van der Waals surface area contributed by atoms with Crippen LogP contribution in [0.1, 0.15) is 38.8 Å². The highest BCUT2D eigenvalue weighted by molar-refractivity contribution is 5.62. The van der Waals surface area contributed by atoms with Crippen LogP contribution in [0.5, 0.6) is 5.75 Å². The van der Waals surface area contributed by atoms with Gasteiger partial charge in [-0.2, -0.15) is 5.26 Å². The molecule has 4 nitrogen and oxygen atoms in total. The first-order valence-corrected chi connectivity index (χ1v) is 7.47. The molecule has 2 aromatic rings. The molecule has 1 heterocycles. The summed E-state index contributed by atoms with van der Waals surface area (Å²) in [7, 11) is 0. The second-order valence-corrected chi connectivity index (χ2v) is 5.39. The number of rotatable bonds is 5. The first-order valence-electron chi connectivity index (χ1n) is 7.47. The molecule has 0 fully saturated rings. The van der Waals surface area contributed by atoms with Crippen LogP contribution < -0.4 is 10.3 Å². The van der Waals surface area contributed by atoms with Crippen molar-refractivity contribution in [1.82, 2.24) is 4.57 Å². The zero-order valence-corrected chi connectivity index (χ0v) is 13.2. The van der Waals surface area contributed by atoms with Crippen LogP contribution in [0.4, 0.5) is 0 Å². The first kappa shape index (κ1) is 15.8. The minimum absolute atomic E-state index is 0.0315. The number of aromatic nitrogens is 1. The zero-order valence-electron chi connectivity index (χ0n) is 13.2. The number of nitrogens with zero attached hydrogens (tertiary/aromatic N) is 2. The summed E-state index contributed by atoms with van der Waals surface area (Å²) >= 11 is 0. The Balaban J connectivity index is 2.56. The molecular formula is C18H20N2O2. The van der Waals surface area contributed by atoms with Gasteiger partial charge in [-0.3, -0.25) is 4.79 Å². The molecule has 0 unspecified atom stereocenters. The number of pyridine rings is 1. The summed E-state index contributed by atoms with van der Waals surface area (Å²) in [5.74, 6) is 0.784. The van der Waals surface area contributed by atoms with E-state index >= 15 is 0 Å². The van der Waals surface area contributed by atoms with Crippen molar-refractivity contribution < 1.29 is 4.74 Å². The van der Waals surface area contributed by atoms with Crippen LogP contribution in [0.15, 0.2) is 41.2 Å². The van der Waals surface area contributed by atoms with Gasteiger partial charge in [0.15, 0.2) is 0 Å². The van der Waals surface area contributed by atoms with Crippen molar-refractivity contribution in [1.29, 1.82) is 5.26 Å². The van der Waals surface area contributed by atoms with E-state index in [0.717, 1.165) is 23.4 Å². The second kappa shape index (κ2) is 6.95. The van der Waals surface area contributed by atoms with Gasteiger partial charge in [0, 0.05) is 11.6 Å². The second-order valence-electron chi connectivity index (χ2n) is 5.39. The topological polar surface area (TPSA) is 55.0 Å². The summed E-state index contributed by atoms with van der Waals surface area (Å²) in [6, 6.07) is 13.0. The largest absolute Gasteiger partial charge is 0.494 e. The lowest BCUT2D eigenvalue weighted by atomic mass is 10.1. The van der Waals surface area contributed by atoms with Crippen LogP contribution in [0.3, 0.4) is 0 Å². The van der Waals surface area contributed by atoms with Crippen molar-refractivity contribution in [2.45, 2.75) is 33.2 Å². The van der Waals surface area contributed by atoms with Crippen LogP contribution in [-0.2, 0) is 0 Å². The Morgan fingerprint density at radius 2 is 2.05 bits per heavy atom. The molecule has 0 aliphatic carbocycles. The molecule has 1 aromatic carbocycles. The lowest BCUT2D eigenvalue weighted by Gasteiger charge is -2.17. The van der Waals surface area contributed by atoms with Crippen LogP contribution in [0, 0.1) is 11.3 Å². The third kappa shape index (κ3) is 3.20. The van der Waals surface area contributed by atoms with Gasteiger partial charge < -0.3 is 9.30 Å². The van der Waals surface area contributed by atoms with Gasteiger partial charge >= 0.3 is 0 Å². The maximum atomic E-state index is 12.4. The molecule has 0 atom stereocenters. The maximum Gasteiger partial charge on any atom is 0.269 e. The summed E-state index contributed by atoms with van der Waals surface area (Å²) in [6.45, 7) is 6.59. The number of benzene rings is 1. The highest BCUT2D eigenvalue weighted by Gasteiger charge is 2.13. The Bertz CT molecular complexity index is 754. The van der Waals surface area contributed by atoms with Crippen LogP contribution in [0.2, 0.25) is 0 Å². The van der Waals surface area contributed by atoms with Crippen molar-refractivity contribution in [2.24, 2.45) is 0 Å². The average Bonchev–Trinajstić information content (AvgIpc) is 2.52. The van der Waals surface area contributed by atoms with E-state index in [-0.39, 0.29) is 17.2 Å². The number of ether oxygens (including phenoxy) is 1. The molecule has 0 N–H and O–H groups in total. The molecule has 4 heteroatoms. The van der Waals surface area contributed by atoms with Gasteiger partial charge in [-0.15, -0.1) is 0 Å². The number of nitriles is 1. The molecule has 0 amide bonds. The SMILES string of the molecule is CCCOc1cccc(-c2ccc(C#N)c(=O)n2C(C)C)c1. The highest BCUT2D eigenvalue weighted by Crippen LogP contribution is 2.25. The van der Waals surface area contributed by atoms with Gasteiger partial charge in [-0.1, -0.05) is 19.1 Å². The Morgan fingerprint density at radius 3 is 2.68 bits per heavy atom. The standard InChI is InChI=1S/C18H20N2O2/c1-4-10-22-16-7-5-6-14(11-16)17-9-8-15(12-19)18(21)20(17)13(2)3/h5-9,11,13H,4,10H2,1-3H3. The van der Waals surface area contributed by atoms with E-state index < -0.39 is 0 Å². The number of hydrogen-bond donors (Lipinski definition) is 0. The van der Waals surface area contributed by atoms with Crippen LogP contribution >= 0.6 is 0 Å². The Morgan fingerprint density at radius 1 is 1.27 bits per heavy atom. The Hall–Kier alpha value is -2.54. The molecule has 0 bridgehead atoms. The fraction of sp³-hybridized carbons (Fsp3) is 0.333. The molecule has 22 heavy (non-hydrogen) atoms. The summed E-state index contributed by atoms with van der Waals surface area (Å²) in [5, 5.41) is 9.04. The van der Waals surface area contributed by atoms with Gasteiger partial charge in [-0.05, 0) is 44.5 Å². The molecular weight excluding hydrogens is 276 g/mol. The summed E-state index contributed by atoms with van der Waals surface area (Å²) in [4.78, 5) is 12.4. The molecule has 0 aliphatic heterocycles. The predicted octanol–water partition coefficient (Wildman–Crippen LogP) is 3.76. The lowest BCUT2D eigenvalue weighted by molar-refractivity contribution is 0.317. The highest BCUT2D eigenvalue weighted by atomic mass is 16.5. The molecule has 0 aliphatic rings. The molecule has 0 saturated heterocycles. The Labute approximate surface area is 130 Å². The minimum atomic E-state index is -0.255. The summed E-state index contributed by atoms with van der Waals surface area (Å²) in [5.41, 5.74) is 1.61. The van der Waals surface area contributed by atoms with E-state index in [0.29, 0.717) is 6.61 Å². The van der Waals surface area contributed by atoms with Crippen molar-refractivity contribution in [3.63, 3.8) is 0 Å². The molecule has 2 rings (SSSR count). The van der Waals surface area contributed by atoms with Crippen molar-refractivity contribution >= 4 is 0 Å². The first-order chi connectivity index (χ1) is 10.6. The normalized spacial score (nSPS) is 10.5. The monoisotopic (exact) mass is 296 g/mol. The van der Waals surface area contributed by atoms with Gasteiger partial charge in [0.1, 0.15) is 17.4 Å². The summed E-state index contributed by atoms with van der Waals surface area (Å²) < 4.78 is 7.30. The fourth-order valence-corrected chi connectivity index (χ4v) is 2.35. The van der Waals surface area contributed by atoms with E-state index in [2.05, 4.69) is 6.92 Å². The Kier molecular flexibility index (Phi) is 5.00. The molecule has 1 aromatic heterocycles. The molecule has 0 spiro atoms. The average molecular weight is 296 g/mol. The molecule has 0 saturated carbocycles. The van der Waals surface area contributed by atoms with Crippen molar-refractivity contribution in [3.05, 3.63) is 52.3 Å². The van der Waals surface area contributed by atoms with E-state index in [1.807, 2.05) is 50.2 Å². The third-order valence-corrected chi connectivity index (χ3v) is 3.36. The quantitative estimate of drug-likeness (QED) is 0.844. The van der Waals surface area contributed by atoms with E-state index in [1.165, 1.54) is 0 Å².